The maximum absolute atomic E-state index is 11.6. The fourth-order valence-corrected chi connectivity index (χ4v) is 2.07. The zero-order valence-corrected chi connectivity index (χ0v) is 11.0. The van der Waals surface area contributed by atoms with Gasteiger partial charge in [0.25, 0.3) is 0 Å². The van der Waals surface area contributed by atoms with Gasteiger partial charge in [0.1, 0.15) is 0 Å². The molecule has 1 saturated heterocycles. The van der Waals surface area contributed by atoms with Gasteiger partial charge in [-0.15, -0.1) is 0 Å². The molecule has 4 nitrogen and oxygen atoms in total. The van der Waals surface area contributed by atoms with Crippen molar-refractivity contribution in [2.24, 2.45) is 0 Å². The molecule has 0 bridgehead atoms. The second-order valence-electron chi connectivity index (χ2n) is 3.91. The molecule has 0 saturated carbocycles. The summed E-state index contributed by atoms with van der Waals surface area (Å²) in [5.74, 6) is 0.498. The minimum Gasteiger partial charge on any atom is -0.305 e. The van der Waals surface area contributed by atoms with E-state index in [1.807, 2.05) is 18.2 Å². The molecule has 5 heteroatoms. The molecule has 0 N–H and O–H groups in total. The first-order valence-electron chi connectivity index (χ1n) is 5.65. The molecule has 1 heterocycles. The third kappa shape index (κ3) is 3.36. The molecule has 92 valence electrons. The van der Waals surface area contributed by atoms with Gasteiger partial charge < -0.3 is 4.90 Å². The average Bonchev–Trinajstić information content (AvgIpc) is 2.38. The van der Waals surface area contributed by atoms with Gasteiger partial charge in [0.2, 0.25) is 0 Å². The van der Waals surface area contributed by atoms with Crippen LogP contribution in [0, 0.1) is 0 Å². The Hall–Kier alpha value is -1.23. The van der Waals surface area contributed by atoms with E-state index in [-0.39, 0.29) is 0 Å². The monoisotopic (exact) mass is 299 g/mol. The number of carbonyl (C=O) groups excluding carboxylic acids is 1. The first-order chi connectivity index (χ1) is 8.27. The summed E-state index contributed by atoms with van der Waals surface area (Å²) in [5.41, 5.74) is 0. The van der Waals surface area contributed by atoms with Crippen LogP contribution < -0.4 is 4.89 Å². The lowest BCUT2D eigenvalue weighted by Gasteiger charge is -2.24. The molecule has 0 radical (unpaired) electrons. The summed E-state index contributed by atoms with van der Waals surface area (Å²) in [5, 5.41) is 0. The fraction of sp³-hybridized carbons (Fsp3) is 0.417. The molecule has 0 atom stereocenters. The Morgan fingerprint density at radius 1 is 1.18 bits per heavy atom. The van der Waals surface area contributed by atoms with Gasteiger partial charge in [-0.3, -0.25) is 4.89 Å². The molecule has 0 spiro atoms. The van der Waals surface area contributed by atoms with E-state index in [4.69, 9.17) is 9.78 Å². The van der Waals surface area contributed by atoms with Crippen molar-refractivity contribution in [2.45, 2.75) is 19.3 Å². The van der Waals surface area contributed by atoms with Crippen molar-refractivity contribution in [1.82, 2.24) is 4.90 Å². The largest absolute Gasteiger partial charge is 0.452 e. The Bertz CT molecular complexity index is 391. The first-order valence-corrected chi connectivity index (χ1v) is 6.44. The minimum absolute atomic E-state index is 0.416. The quantitative estimate of drug-likeness (QED) is 0.621. The summed E-state index contributed by atoms with van der Waals surface area (Å²) >= 11 is 3.31. The van der Waals surface area contributed by atoms with Crippen LogP contribution in [0.4, 0.5) is 4.79 Å². The van der Waals surface area contributed by atoms with Gasteiger partial charge in [-0.05, 0) is 47.3 Å². The molecule has 1 aromatic rings. The van der Waals surface area contributed by atoms with Crippen LogP contribution >= 0.6 is 15.9 Å². The highest BCUT2D eigenvalue weighted by Crippen LogP contribution is 2.24. The van der Waals surface area contributed by atoms with Crippen LogP contribution in [0.1, 0.15) is 19.3 Å². The number of hydrogen-bond donors (Lipinski definition) is 0. The van der Waals surface area contributed by atoms with Crippen LogP contribution in [0.2, 0.25) is 0 Å². The molecule has 1 aliphatic heterocycles. The van der Waals surface area contributed by atoms with Gasteiger partial charge in [0.15, 0.2) is 5.75 Å². The summed E-state index contributed by atoms with van der Waals surface area (Å²) in [6.07, 6.45) is 2.82. The molecule has 0 aliphatic carbocycles. The minimum atomic E-state index is -0.416. The van der Waals surface area contributed by atoms with Crippen molar-refractivity contribution in [1.29, 1.82) is 0 Å². The Labute approximate surface area is 109 Å². The van der Waals surface area contributed by atoms with E-state index >= 15 is 0 Å². The molecule has 1 aromatic carbocycles. The number of halogens is 1. The Kier molecular flexibility index (Phi) is 4.25. The Morgan fingerprint density at radius 2 is 1.88 bits per heavy atom. The predicted octanol–water partition coefficient (Wildman–Crippen LogP) is 3.37. The summed E-state index contributed by atoms with van der Waals surface area (Å²) in [7, 11) is 0. The summed E-state index contributed by atoms with van der Waals surface area (Å²) in [6.45, 7) is 1.50. The van der Waals surface area contributed by atoms with Crippen LogP contribution in [0.25, 0.3) is 0 Å². The summed E-state index contributed by atoms with van der Waals surface area (Å²) in [6, 6.07) is 7.23. The number of piperidine rings is 1. The maximum Gasteiger partial charge on any atom is 0.452 e. The lowest BCUT2D eigenvalue weighted by molar-refractivity contribution is -0.155. The van der Waals surface area contributed by atoms with Crippen LogP contribution in [0.3, 0.4) is 0 Å². The molecule has 0 unspecified atom stereocenters. The van der Waals surface area contributed by atoms with E-state index in [1.165, 1.54) is 6.42 Å². The molecular weight excluding hydrogens is 286 g/mol. The number of para-hydroxylation sites is 1. The highest BCUT2D eigenvalue weighted by atomic mass is 79.9. The van der Waals surface area contributed by atoms with Crippen LogP contribution in [-0.4, -0.2) is 24.1 Å². The van der Waals surface area contributed by atoms with Gasteiger partial charge in [-0.1, -0.05) is 12.1 Å². The molecule has 1 fully saturated rings. The third-order valence-corrected chi connectivity index (χ3v) is 3.31. The number of likely N-dealkylation sites (tertiary alicyclic amines) is 1. The molecule has 17 heavy (non-hydrogen) atoms. The van der Waals surface area contributed by atoms with Gasteiger partial charge in [0.05, 0.1) is 4.47 Å². The SMILES string of the molecule is O=C(OOc1ccccc1Br)N1CCCCC1. The van der Waals surface area contributed by atoms with E-state index in [9.17, 15) is 4.79 Å². The summed E-state index contributed by atoms with van der Waals surface area (Å²) < 4.78 is 0.756. The fourth-order valence-electron chi connectivity index (χ4n) is 1.72. The zero-order valence-electron chi connectivity index (χ0n) is 9.39. The van der Waals surface area contributed by atoms with E-state index < -0.39 is 6.09 Å². The zero-order chi connectivity index (χ0) is 12.1. The van der Waals surface area contributed by atoms with Crippen LogP contribution in [-0.2, 0) is 4.89 Å². The second-order valence-corrected chi connectivity index (χ2v) is 4.77. The van der Waals surface area contributed by atoms with Gasteiger partial charge >= 0.3 is 6.09 Å². The smallest absolute Gasteiger partial charge is 0.305 e. The highest BCUT2D eigenvalue weighted by Gasteiger charge is 2.19. The standard InChI is InChI=1S/C12H14BrNO3/c13-10-6-2-3-7-11(10)16-17-12(15)14-8-4-1-5-9-14/h2-3,6-7H,1,4-5,8-9H2. The van der Waals surface area contributed by atoms with E-state index in [0.717, 1.165) is 30.4 Å². The highest BCUT2D eigenvalue weighted by molar-refractivity contribution is 9.10. The molecule has 2 rings (SSSR count). The Balaban J connectivity index is 1.85. The number of benzene rings is 1. The number of rotatable bonds is 2. The summed E-state index contributed by atoms with van der Waals surface area (Å²) in [4.78, 5) is 23.1. The maximum atomic E-state index is 11.6. The normalized spacial score (nSPS) is 15.5. The van der Waals surface area contributed by atoms with Gasteiger partial charge in [-0.25, -0.2) is 9.68 Å². The van der Waals surface area contributed by atoms with Gasteiger partial charge in [0, 0.05) is 13.1 Å². The third-order valence-electron chi connectivity index (χ3n) is 2.65. The molecule has 1 aliphatic rings. The molecule has 0 aromatic heterocycles. The van der Waals surface area contributed by atoms with Crippen molar-refractivity contribution in [3.05, 3.63) is 28.7 Å². The molecule has 1 amide bonds. The van der Waals surface area contributed by atoms with Crippen LogP contribution in [0.15, 0.2) is 28.7 Å². The molecular formula is C12H14BrNO3. The number of hydrogen-bond acceptors (Lipinski definition) is 3. The van der Waals surface area contributed by atoms with Gasteiger partial charge in [-0.2, -0.15) is 0 Å². The predicted molar refractivity (Wildman–Crippen MR) is 66.7 cm³/mol. The lowest BCUT2D eigenvalue weighted by atomic mass is 10.1. The number of carbonyl (C=O) groups is 1. The Morgan fingerprint density at radius 3 is 2.59 bits per heavy atom. The first kappa shape index (κ1) is 12.2. The lowest BCUT2D eigenvalue weighted by Crippen LogP contribution is -2.36. The van der Waals surface area contributed by atoms with E-state index in [0.29, 0.717) is 5.75 Å². The van der Waals surface area contributed by atoms with E-state index in [2.05, 4.69) is 15.9 Å². The van der Waals surface area contributed by atoms with Crippen molar-refractivity contribution in [3.8, 4) is 5.75 Å². The van der Waals surface area contributed by atoms with Crippen molar-refractivity contribution < 1.29 is 14.6 Å². The number of amides is 1. The number of nitrogens with zero attached hydrogens (tertiary/aromatic N) is 1. The van der Waals surface area contributed by atoms with Crippen LogP contribution in [0.5, 0.6) is 5.75 Å². The van der Waals surface area contributed by atoms with Crippen molar-refractivity contribution >= 4 is 22.0 Å². The second kappa shape index (κ2) is 5.91. The average molecular weight is 300 g/mol. The van der Waals surface area contributed by atoms with Crippen molar-refractivity contribution in [2.75, 3.05) is 13.1 Å². The van der Waals surface area contributed by atoms with E-state index in [1.54, 1.807) is 11.0 Å². The van der Waals surface area contributed by atoms with Crippen molar-refractivity contribution in [3.63, 3.8) is 0 Å². The topological polar surface area (TPSA) is 38.8 Å².